The SMILES string of the molecule is Cc1cc([C-](C)Nc2ccc(Cl)nc2C(=O)O)c2nc(-c3cccc(C#N)c3)n(C)c(=O)c2c1.[Lr]. The van der Waals surface area contributed by atoms with Gasteiger partial charge in [-0.05, 0) is 29.8 Å². The zero-order chi connectivity index (χ0) is 24.6. The number of nitrogens with one attached hydrogen (secondary N) is 1. The molecule has 0 spiro atoms. The Kier molecular flexibility index (Phi) is 6.42. The second-order valence-corrected chi connectivity index (χ2v) is 8.17. The second-order valence-electron chi connectivity index (χ2n) is 7.79. The summed E-state index contributed by atoms with van der Waals surface area (Å²) in [7, 11) is 1.64. The number of halogens is 1. The van der Waals surface area contributed by atoms with Crippen LogP contribution in [0.25, 0.3) is 22.3 Å². The van der Waals surface area contributed by atoms with Crippen molar-refractivity contribution >= 4 is 34.2 Å². The Balaban J connectivity index is 0.00000342. The van der Waals surface area contributed by atoms with Crippen LogP contribution >= 0.6 is 11.6 Å². The van der Waals surface area contributed by atoms with Gasteiger partial charge in [-0.15, -0.1) is 11.1 Å². The summed E-state index contributed by atoms with van der Waals surface area (Å²) in [4.78, 5) is 33.6. The van der Waals surface area contributed by atoms with Crippen molar-refractivity contribution in [2.45, 2.75) is 13.8 Å². The van der Waals surface area contributed by atoms with Crippen molar-refractivity contribution in [3.63, 3.8) is 0 Å². The maximum atomic E-state index is 13.3. The number of carboxylic acid groups (broad SMARTS) is 1. The smallest absolute Gasteiger partial charge is 0.356 e. The van der Waals surface area contributed by atoms with E-state index < -0.39 is 5.97 Å². The van der Waals surface area contributed by atoms with Crippen molar-refractivity contribution in [3.05, 3.63) is 92.5 Å². The number of anilines is 1. The van der Waals surface area contributed by atoms with Crippen LogP contribution < -0.4 is 10.9 Å². The van der Waals surface area contributed by atoms with Gasteiger partial charge in [-0.1, -0.05) is 49.7 Å². The van der Waals surface area contributed by atoms with Gasteiger partial charge in [-0.25, -0.2) is 9.78 Å². The number of nitriles is 1. The molecule has 0 atom stereocenters. The van der Waals surface area contributed by atoms with E-state index in [2.05, 4.69) is 16.4 Å². The van der Waals surface area contributed by atoms with Crippen molar-refractivity contribution in [1.82, 2.24) is 14.5 Å². The maximum Gasteiger partial charge on any atom is 0.356 e. The minimum Gasteiger partial charge on any atom is -0.476 e. The van der Waals surface area contributed by atoms with Crippen molar-refractivity contribution < 1.29 is 9.90 Å². The van der Waals surface area contributed by atoms with E-state index in [0.717, 1.165) is 5.56 Å². The molecule has 10 heteroatoms. The molecular formula is C25H19ClLrN5O3-. The van der Waals surface area contributed by atoms with Crippen molar-refractivity contribution in [2.75, 3.05) is 5.32 Å². The number of nitrogens with zero attached hydrogens (tertiary/aromatic N) is 4. The first-order chi connectivity index (χ1) is 16.2. The Morgan fingerprint density at radius 2 is 1.94 bits per heavy atom. The fraction of sp³-hybridized carbons (Fsp3) is 0.120. The van der Waals surface area contributed by atoms with Gasteiger partial charge >= 0.3 is 5.97 Å². The van der Waals surface area contributed by atoms with E-state index in [1.165, 1.54) is 16.7 Å². The van der Waals surface area contributed by atoms with E-state index in [1.807, 2.05) is 13.0 Å². The molecule has 0 bridgehead atoms. The number of carboxylic acids is 1. The number of hydrogen-bond acceptors (Lipinski definition) is 6. The van der Waals surface area contributed by atoms with Crippen LogP contribution in [0.1, 0.15) is 34.1 Å². The molecule has 2 heterocycles. The summed E-state index contributed by atoms with van der Waals surface area (Å²) in [5.74, 6) is -0.814. The number of aromatic nitrogens is 3. The van der Waals surface area contributed by atoms with Crippen LogP contribution in [0.3, 0.4) is 0 Å². The molecule has 4 rings (SSSR count). The predicted molar refractivity (Wildman–Crippen MR) is 130 cm³/mol. The Morgan fingerprint density at radius 3 is 2.63 bits per heavy atom. The first-order valence-corrected chi connectivity index (χ1v) is 10.6. The first-order valence-electron chi connectivity index (χ1n) is 10.2. The van der Waals surface area contributed by atoms with Gasteiger partial charge in [0, 0.05) is 18.0 Å². The van der Waals surface area contributed by atoms with E-state index in [-0.39, 0.29) is 22.1 Å². The molecule has 4 aromatic rings. The van der Waals surface area contributed by atoms with Gasteiger partial charge in [0.1, 0.15) is 11.0 Å². The maximum absolute atomic E-state index is 13.3. The van der Waals surface area contributed by atoms with Gasteiger partial charge in [-0.3, -0.25) is 14.3 Å². The van der Waals surface area contributed by atoms with Crippen LogP contribution in [0, 0.1) is 24.3 Å². The Bertz CT molecular complexity index is 1560. The molecule has 0 saturated heterocycles. The summed E-state index contributed by atoms with van der Waals surface area (Å²) < 4.78 is 1.45. The quantitative estimate of drug-likeness (QED) is 0.228. The molecule has 0 aliphatic heterocycles. The van der Waals surface area contributed by atoms with E-state index in [0.29, 0.717) is 39.5 Å². The Hall–Kier alpha value is -5.35. The molecule has 2 aromatic carbocycles. The number of aryl methyl sites for hydroxylation is 1. The summed E-state index contributed by atoms with van der Waals surface area (Å²) >= 11 is 5.87. The van der Waals surface area contributed by atoms with Crippen molar-refractivity contribution in [2.24, 2.45) is 7.05 Å². The van der Waals surface area contributed by atoms with Gasteiger partial charge in [0.05, 0.1) is 17.3 Å². The predicted octanol–water partition coefficient (Wildman–Crippen LogP) is 4.54. The molecule has 185 valence electrons. The topological polar surface area (TPSA) is 121 Å². The third-order valence-corrected chi connectivity index (χ3v) is 5.58. The van der Waals surface area contributed by atoms with Crippen LogP contribution in [0.15, 0.2) is 53.3 Å². The molecule has 8 nitrogen and oxygen atoms in total. The Labute approximate surface area is 200 Å². The molecule has 35 heavy (non-hydrogen) atoms. The van der Waals surface area contributed by atoms with Gasteiger partial charge in [0.2, 0.25) is 5.56 Å². The van der Waals surface area contributed by atoms with Crippen LogP contribution in [0.2, 0.25) is 5.15 Å². The molecule has 0 fully saturated rings. The molecule has 0 amide bonds. The minimum atomic E-state index is -1.22. The summed E-state index contributed by atoms with van der Waals surface area (Å²) in [5, 5.41) is 22.4. The number of benzene rings is 2. The average molecular weight is 735 g/mol. The molecule has 0 aliphatic carbocycles. The third-order valence-electron chi connectivity index (χ3n) is 5.36. The van der Waals surface area contributed by atoms with Gasteiger partial charge < -0.3 is 10.4 Å². The first kappa shape index (κ1) is 24.3. The number of fused-ring (bicyclic) bond motifs is 1. The minimum absolute atomic E-state index is 0. The zero-order valence-electron chi connectivity index (χ0n) is 18.8. The van der Waals surface area contributed by atoms with Crippen molar-refractivity contribution in [1.29, 1.82) is 5.26 Å². The van der Waals surface area contributed by atoms with Gasteiger partial charge in [-0.2, -0.15) is 11.3 Å². The van der Waals surface area contributed by atoms with Gasteiger partial charge in [0.25, 0.3) is 0 Å². The normalized spacial score (nSPS) is 10.4. The van der Waals surface area contributed by atoms with E-state index in [9.17, 15) is 20.0 Å². The van der Waals surface area contributed by atoms with Crippen LogP contribution in [0.4, 0.5) is 5.69 Å². The number of rotatable bonds is 5. The summed E-state index contributed by atoms with van der Waals surface area (Å²) in [5.41, 5.74) is 2.82. The van der Waals surface area contributed by atoms with E-state index >= 15 is 0 Å². The van der Waals surface area contributed by atoms with E-state index in [4.69, 9.17) is 16.6 Å². The van der Waals surface area contributed by atoms with Gasteiger partial charge in [0.15, 0.2) is 5.69 Å². The fourth-order valence-electron chi connectivity index (χ4n) is 3.76. The molecular weight excluding hydrogens is 716 g/mol. The van der Waals surface area contributed by atoms with Crippen LogP contribution in [-0.4, -0.2) is 25.6 Å². The van der Waals surface area contributed by atoms with Crippen molar-refractivity contribution in [3.8, 4) is 17.5 Å². The van der Waals surface area contributed by atoms with Crippen LogP contribution in [0.5, 0.6) is 0 Å². The molecule has 2 N–H and O–H groups in total. The summed E-state index contributed by atoms with van der Waals surface area (Å²) in [6.45, 7) is 3.63. The van der Waals surface area contributed by atoms with Crippen LogP contribution in [-0.2, 0) is 7.05 Å². The largest absolute Gasteiger partial charge is 0.476 e. The number of hydrogen-bond donors (Lipinski definition) is 2. The molecule has 2 aromatic heterocycles. The summed E-state index contributed by atoms with van der Waals surface area (Å²) in [6, 6.07) is 16.2. The average Bonchev–Trinajstić information content (AvgIpc) is 2.82. The zero-order valence-corrected chi connectivity index (χ0v) is 21.7. The molecule has 0 unspecified atom stereocenters. The summed E-state index contributed by atoms with van der Waals surface area (Å²) in [6.07, 6.45) is 0. The standard InChI is InChI=1S/C25H19ClN5O3.Lr/c1-13-9-17(14(2)28-19-7-8-20(26)29-22(19)25(33)34)21-18(10-13)24(32)31(3)23(30-21)16-6-4-5-15(11-16)12-27;/h4-11,28H,1-3H3,(H,33,34);/q-1;. The second kappa shape index (κ2) is 9.25. The Morgan fingerprint density at radius 1 is 1.20 bits per heavy atom. The molecule has 0 saturated carbocycles. The third kappa shape index (κ3) is 4.45. The monoisotopic (exact) mass is 734 g/mol. The van der Waals surface area contributed by atoms with E-state index in [1.54, 1.807) is 44.3 Å². The number of pyridine rings is 1. The fourth-order valence-corrected chi connectivity index (χ4v) is 3.91. The number of aromatic carboxylic acids is 1. The molecule has 0 aliphatic rings. The number of carbonyl (C=O) groups is 1. The molecule has 1 radical (unpaired) electrons.